The van der Waals surface area contributed by atoms with E-state index in [1.54, 1.807) is 12.1 Å². The summed E-state index contributed by atoms with van der Waals surface area (Å²) in [6, 6.07) is 13.7. The first-order chi connectivity index (χ1) is 12.6. The first kappa shape index (κ1) is 16.7. The van der Waals surface area contributed by atoms with Crippen LogP contribution in [0, 0.1) is 11.7 Å². The molecular formula is C19H15FN2O3S. The molecule has 0 bridgehead atoms. The van der Waals surface area contributed by atoms with Gasteiger partial charge in [-0.3, -0.25) is 9.59 Å². The smallest absolute Gasteiger partial charge is 0.311 e. The van der Waals surface area contributed by atoms with Crippen molar-refractivity contribution in [1.82, 2.24) is 4.98 Å². The number of rotatable bonds is 4. The van der Waals surface area contributed by atoms with Crippen LogP contribution in [0.25, 0.3) is 10.2 Å². The lowest BCUT2D eigenvalue weighted by Crippen LogP contribution is -2.27. The number of hydrogen-bond donors (Lipinski definition) is 0. The third kappa shape index (κ3) is 3.17. The van der Waals surface area contributed by atoms with E-state index in [9.17, 15) is 14.0 Å². The SMILES string of the molecule is O=C(OCc1nc2ccccc2s1)[C@H]1CC(=O)N(c2ccccc2F)C1. The molecule has 1 amide bonds. The molecule has 0 spiro atoms. The Morgan fingerprint density at radius 1 is 1.23 bits per heavy atom. The minimum absolute atomic E-state index is 0.0208. The Kier molecular flexibility index (Phi) is 4.38. The van der Waals surface area contributed by atoms with Crippen LogP contribution in [-0.2, 0) is 20.9 Å². The maximum absolute atomic E-state index is 13.9. The summed E-state index contributed by atoms with van der Waals surface area (Å²) in [6.45, 7) is 0.195. The minimum Gasteiger partial charge on any atom is -0.458 e. The number of ether oxygens (including phenoxy) is 1. The lowest BCUT2D eigenvalue weighted by atomic mass is 10.1. The summed E-state index contributed by atoms with van der Waals surface area (Å²) in [4.78, 5) is 30.2. The number of carbonyl (C=O) groups excluding carboxylic acids is 2. The van der Waals surface area contributed by atoms with E-state index >= 15 is 0 Å². The molecule has 1 fully saturated rings. The molecule has 1 aliphatic rings. The third-order valence-electron chi connectivity index (χ3n) is 4.28. The molecule has 4 rings (SSSR count). The molecule has 2 heterocycles. The van der Waals surface area contributed by atoms with Gasteiger partial charge in [0.05, 0.1) is 21.8 Å². The first-order valence-corrected chi connectivity index (χ1v) is 8.99. The Bertz CT molecular complexity index is 955. The second kappa shape index (κ2) is 6.84. The van der Waals surface area contributed by atoms with Gasteiger partial charge in [-0.25, -0.2) is 9.37 Å². The van der Waals surface area contributed by atoms with Crippen LogP contribution in [0.3, 0.4) is 0 Å². The summed E-state index contributed by atoms with van der Waals surface area (Å²) in [7, 11) is 0. The number of hydrogen-bond acceptors (Lipinski definition) is 5. The molecule has 0 radical (unpaired) electrons. The number of fused-ring (bicyclic) bond motifs is 1. The van der Waals surface area contributed by atoms with Crippen LogP contribution in [0.5, 0.6) is 0 Å². The van der Waals surface area contributed by atoms with Gasteiger partial charge in [0.25, 0.3) is 0 Å². The highest BCUT2D eigenvalue weighted by molar-refractivity contribution is 7.18. The van der Waals surface area contributed by atoms with E-state index in [1.807, 2.05) is 24.3 Å². The van der Waals surface area contributed by atoms with Crippen molar-refractivity contribution in [2.24, 2.45) is 5.92 Å². The number of carbonyl (C=O) groups is 2. The van der Waals surface area contributed by atoms with Crippen LogP contribution in [0.1, 0.15) is 11.4 Å². The van der Waals surface area contributed by atoms with Crippen molar-refractivity contribution in [1.29, 1.82) is 0 Å². The topological polar surface area (TPSA) is 59.5 Å². The number of amides is 1. The molecule has 7 heteroatoms. The average molecular weight is 370 g/mol. The number of halogens is 1. The summed E-state index contributed by atoms with van der Waals surface area (Å²) in [6.07, 6.45) is 0.0208. The van der Waals surface area contributed by atoms with Gasteiger partial charge in [-0.05, 0) is 24.3 Å². The second-order valence-electron chi connectivity index (χ2n) is 6.04. The first-order valence-electron chi connectivity index (χ1n) is 8.18. The van der Waals surface area contributed by atoms with Gasteiger partial charge in [0.2, 0.25) is 5.91 Å². The monoisotopic (exact) mass is 370 g/mol. The molecule has 5 nitrogen and oxygen atoms in total. The lowest BCUT2D eigenvalue weighted by Gasteiger charge is -2.17. The zero-order valence-corrected chi connectivity index (χ0v) is 14.5. The van der Waals surface area contributed by atoms with Gasteiger partial charge in [0.15, 0.2) is 0 Å². The molecule has 0 aliphatic carbocycles. The minimum atomic E-state index is -0.600. The quantitative estimate of drug-likeness (QED) is 0.659. The number of para-hydroxylation sites is 2. The zero-order chi connectivity index (χ0) is 18.1. The maximum Gasteiger partial charge on any atom is 0.311 e. The highest BCUT2D eigenvalue weighted by Crippen LogP contribution is 2.28. The van der Waals surface area contributed by atoms with Crippen LogP contribution in [0.2, 0.25) is 0 Å². The van der Waals surface area contributed by atoms with E-state index in [0.717, 1.165) is 10.2 Å². The second-order valence-corrected chi connectivity index (χ2v) is 7.16. The van der Waals surface area contributed by atoms with Crippen molar-refractivity contribution < 1.29 is 18.7 Å². The average Bonchev–Trinajstić information content (AvgIpc) is 3.23. The molecule has 0 N–H and O–H groups in total. The van der Waals surface area contributed by atoms with Crippen LogP contribution in [0.15, 0.2) is 48.5 Å². The fourth-order valence-corrected chi connectivity index (χ4v) is 3.88. The van der Waals surface area contributed by atoms with Crippen molar-refractivity contribution >= 4 is 39.1 Å². The molecule has 132 valence electrons. The van der Waals surface area contributed by atoms with Crippen molar-refractivity contribution in [3.8, 4) is 0 Å². The number of nitrogens with zero attached hydrogens (tertiary/aromatic N) is 2. The largest absolute Gasteiger partial charge is 0.458 e. The van der Waals surface area contributed by atoms with Gasteiger partial charge >= 0.3 is 5.97 Å². The summed E-state index contributed by atoms with van der Waals surface area (Å²) in [5.41, 5.74) is 1.06. The predicted molar refractivity (Wildman–Crippen MR) is 96.3 cm³/mol. The Morgan fingerprint density at radius 3 is 2.81 bits per heavy atom. The third-order valence-corrected chi connectivity index (χ3v) is 5.29. The highest BCUT2D eigenvalue weighted by atomic mass is 32.1. The fourth-order valence-electron chi connectivity index (χ4n) is 3.00. The maximum atomic E-state index is 13.9. The molecule has 3 aromatic rings. The van der Waals surface area contributed by atoms with Gasteiger partial charge < -0.3 is 9.64 Å². The molecule has 0 unspecified atom stereocenters. The van der Waals surface area contributed by atoms with Gasteiger partial charge in [-0.2, -0.15) is 0 Å². The normalized spacial score (nSPS) is 17.0. The molecule has 26 heavy (non-hydrogen) atoms. The lowest BCUT2D eigenvalue weighted by molar-refractivity contribution is -0.149. The van der Waals surface area contributed by atoms with Gasteiger partial charge in [0.1, 0.15) is 17.4 Å². The van der Waals surface area contributed by atoms with Crippen molar-refractivity contribution in [3.63, 3.8) is 0 Å². The van der Waals surface area contributed by atoms with E-state index in [4.69, 9.17) is 4.74 Å². The molecule has 0 saturated carbocycles. The van der Waals surface area contributed by atoms with E-state index < -0.39 is 17.7 Å². The summed E-state index contributed by atoms with van der Waals surface area (Å²) >= 11 is 1.47. The standard InChI is InChI=1S/C19H15FN2O3S/c20-13-5-1-3-7-15(13)22-10-12(9-18(22)23)19(24)25-11-17-21-14-6-2-4-8-16(14)26-17/h1-8,12H,9-11H2/t12-/m0/s1. The molecule has 2 aromatic carbocycles. The number of esters is 1. The van der Waals surface area contributed by atoms with Gasteiger partial charge in [-0.15, -0.1) is 11.3 Å². The molecular weight excluding hydrogens is 355 g/mol. The number of anilines is 1. The Morgan fingerprint density at radius 2 is 2.00 bits per heavy atom. The summed E-state index contributed by atoms with van der Waals surface area (Å²) < 4.78 is 20.3. The van der Waals surface area contributed by atoms with Crippen molar-refractivity contribution in [2.75, 3.05) is 11.4 Å². The zero-order valence-electron chi connectivity index (χ0n) is 13.7. The predicted octanol–water partition coefficient (Wildman–Crippen LogP) is 3.53. The van der Waals surface area contributed by atoms with Crippen LogP contribution in [0.4, 0.5) is 10.1 Å². The summed E-state index contributed by atoms with van der Waals surface area (Å²) in [5.74, 6) is -1.82. The number of aromatic nitrogens is 1. The molecule has 1 saturated heterocycles. The van der Waals surface area contributed by atoms with E-state index in [2.05, 4.69) is 4.98 Å². The van der Waals surface area contributed by atoms with Crippen molar-refractivity contribution in [2.45, 2.75) is 13.0 Å². The van der Waals surface area contributed by atoms with Gasteiger partial charge in [-0.1, -0.05) is 24.3 Å². The van der Waals surface area contributed by atoms with Crippen LogP contribution < -0.4 is 4.90 Å². The Hall–Kier alpha value is -2.80. The van der Waals surface area contributed by atoms with E-state index in [1.165, 1.54) is 28.4 Å². The fraction of sp³-hybridized carbons (Fsp3) is 0.211. The Labute approximate surface area is 153 Å². The van der Waals surface area contributed by atoms with Crippen LogP contribution >= 0.6 is 11.3 Å². The molecule has 1 atom stereocenters. The number of thiazole rings is 1. The molecule has 1 aromatic heterocycles. The van der Waals surface area contributed by atoms with Crippen LogP contribution in [-0.4, -0.2) is 23.4 Å². The van der Waals surface area contributed by atoms with Crippen molar-refractivity contribution in [3.05, 3.63) is 59.4 Å². The number of benzene rings is 2. The Balaban J connectivity index is 1.41. The van der Waals surface area contributed by atoms with E-state index in [-0.39, 0.29) is 31.2 Å². The molecule has 1 aliphatic heterocycles. The highest BCUT2D eigenvalue weighted by Gasteiger charge is 2.37. The van der Waals surface area contributed by atoms with Gasteiger partial charge in [0, 0.05) is 13.0 Å². The summed E-state index contributed by atoms with van der Waals surface area (Å²) in [5, 5.41) is 0.704. The van der Waals surface area contributed by atoms with E-state index in [0.29, 0.717) is 5.01 Å².